The van der Waals surface area contributed by atoms with Crippen LogP contribution in [0.3, 0.4) is 0 Å². The third-order valence-corrected chi connectivity index (χ3v) is 5.69. The molecule has 3 aromatic carbocycles. The Hall–Kier alpha value is -3.20. The van der Waals surface area contributed by atoms with E-state index in [4.69, 9.17) is 0 Å². The van der Waals surface area contributed by atoms with E-state index in [-0.39, 0.29) is 17.6 Å². The lowest BCUT2D eigenvalue weighted by molar-refractivity contribution is -0.131. The van der Waals surface area contributed by atoms with Gasteiger partial charge in [0.15, 0.2) is 5.78 Å². The van der Waals surface area contributed by atoms with Crippen LogP contribution < -0.4 is 0 Å². The Morgan fingerprint density at radius 1 is 0.724 bits per heavy atom. The fraction of sp³-hybridized carbons (Fsp3) is 0.231. The van der Waals surface area contributed by atoms with Crippen LogP contribution in [0, 0.1) is 5.92 Å². The Kier molecular flexibility index (Phi) is 5.85. The van der Waals surface area contributed by atoms with E-state index in [9.17, 15) is 9.59 Å². The molecule has 1 aliphatic heterocycles. The van der Waals surface area contributed by atoms with E-state index >= 15 is 0 Å². The number of piperidine rings is 1. The first-order chi connectivity index (χ1) is 14.2. The van der Waals surface area contributed by atoms with Gasteiger partial charge < -0.3 is 4.90 Å². The van der Waals surface area contributed by atoms with Crippen molar-refractivity contribution in [2.24, 2.45) is 5.92 Å². The highest BCUT2D eigenvalue weighted by Crippen LogP contribution is 2.23. The number of ketones is 1. The van der Waals surface area contributed by atoms with Gasteiger partial charge in [0.2, 0.25) is 5.91 Å². The Morgan fingerprint density at radius 3 is 1.90 bits per heavy atom. The molecule has 1 amide bonds. The van der Waals surface area contributed by atoms with E-state index < -0.39 is 0 Å². The zero-order valence-corrected chi connectivity index (χ0v) is 16.5. The molecule has 0 unspecified atom stereocenters. The highest BCUT2D eigenvalue weighted by molar-refractivity contribution is 5.98. The number of nitrogens with zero attached hydrogens (tertiary/aromatic N) is 1. The molecule has 0 aliphatic carbocycles. The minimum atomic E-state index is 0.0200. The van der Waals surface area contributed by atoms with Gasteiger partial charge in [0.05, 0.1) is 6.42 Å². The number of Topliss-reactive ketones (excluding diaryl/α,β-unsaturated/α-hetero) is 1. The summed E-state index contributed by atoms with van der Waals surface area (Å²) in [7, 11) is 0. The maximum absolute atomic E-state index is 12.7. The summed E-state index contributed by atoms with van der Waals surface area (Å²) < 4.78 is 0. The van der Waals surface area contributed by atoms with E-state index in [2.05, 4.69) is 24.3 Å². The molecule has 1 heterocycles. The summed E-state index contributed by atoms with van der Waals surface area (Å²) in [4.78, 5) is 27.2. The molecule has 3 nitrogen and oxygen atoms in total. The van der Waals surface area contributed by atoms with Crippen molar-refractivity contribution in [1.29, 1.82) is 0 Å². The number of likely N-dealkylation sites (tertiary alicyclic amines) is 1. The minimum Gasteiger partial charge on any atom is -0.342 e. The second kappa shape index (κ2) is 8.87. The van der Waals surface area contributed by atoms with Crippen LogP contribution in [0.5, 0.6) is 0 Å². The molecule has 3 aromatic rings. The molecule has 0 bridgehead atoms. The van der Waals surface area contributed by atoms with Crippen molar-refractivity contribution in [3.63, 3.8) is 0 Å². The predicted octanol–water partition coefficient (Wildman–Crippen LogP) is 5.02. The average molecular weight is 383 g/mol. The molecule has 0 spiro atoms. The largest absolute Gasteiger partial charge is 0.342 e. The molecule has 0 N–H and O–H groups in total. The zero-order valence-electron chi connectivity index (χ0n) is 16.5. The van der Waals surface area contributed by atoms with Crippen LogP contribution in [0.25, 0.3) is 11.1 Å². The second-order valence-corrected chi connectivity index (χ2v) is 7.63. The van der Waals surface area contributed by atoms with Gasteiger partial charge >= 0.3 is 0 Å². The molecule has 0 aromatic heterocycles. The molecular weight excluding hydrogens is 358 g/mol. The summed E-state index contributed by atoms with van der Waals surface area (Å²) in [5.74, 6) is 0.365. The van der Waals surface area contributed by atoms with Crippen LogP contribution in [-0.2, 0) is 11.2 Å². The predicted molar refractivity (Wildman–Crippen MR) is 116 cm³/mol. The van der Waals surface area contributed by atoms with Crippen LogP contribution in [0.4, 0.5) is 0 Å². The van der Waals surface area contributed by atoms with Crippen LogP contribution in [0.2, 0.25) is 0 Å². The van der Waals surface area contributed by atoms with Crippen LogP contribution in [0.1, 0.15) is 28.8 Å². The van der Waals surface area contributed by atoms with Crippen LogP contribution in [0.15, 0.2) is 84.9 Å². The molecule has 0 saturated carbocycles. The van der Waals surface area contributed by atoms with Gasteiger partial charge in [-0.2, -0.15) is 0 Å². The number of rotatable bonds is 5. The van der Waals surface area contributed by atoms with Crippen molar-refractivity contribution in [3.05, 3.63) is 96.1 Å². The minimum absolute atomic E-state index is 0.0200. The SMILES string of the molecule is O=C(c1ccccc1)C1CCN(C(=O)Cc2ccc(-c3ccccc3)cc2)CC1. The number of carbonyl (C=O) groups is 2. The summed E-state index contributed by atoms with van der Waals surface area (Å²) in [6, 6.07) is 27.9. The van der Waals surface area contributed by atoms with Gasteiger partial charge in [-0.3, -0.25) is 9.59 Å². The lowest BCUT2D eigenvalue weighted by atomic mass is 9.88. The number of carbonyl (C=O) groups excluding carboxylic acids is 2. The van der Waals surface area contributed by atoms with Gasteiger partial charge in [0.25, 0.3) is 0 Å². The average Bonchev–Trinajstić information content (AvgIpc) is 2.80. The maximum atomic E-state index is 12.7. The topological polar surface area (TPSA) is 37.4 Å². The fourth-order valence-electron chi connectivity index (χ4n) is 3.96. The van der Waals surface area contributed by atoms with Crippen LogP contribution in [-0.4, -0.2) is 29.7 Å². The molecular formula is C26H25NO2. The maximum Gasteiger partial charge on any atom is 0.226 e. The number of hydrogen-bond donors (Lipinski definition) is 0. The van der Waals surface area contributed by atoms with Gasteiger partial charge in [-0.05, 0) is 29.5 Å². The summed E-state index contributed by atoms with van der Waals surface area (Å²) in [6.07, 6.45) is 1.89. The van der Waals surface area contributed by atoms with E-state index in [0.717, 1.165) is 29.5 Å². The molecule has 3 heteroatoms. The van der Waals surface area contributed by atoms with Gasteiger partial charge in [0, 0.05) is 24.6 Å². The van der Waals surface area contributed by atoms with Crippen molar-refractivity contribution in [2.75, 3.05) is 13.1 Å². The van der Waals surface area contributed by atoms with Gasteiger partial charge in [-0.25, -0.2) is 0 Å². The lowest BCUT2D eigenvalue weighted by Gasteiger charge is -2.31. The van der Waals surface area contributed by atoms with Crippen molar-refractivity contribution < 1.29 is 9.59 Å². The molecule has 0 atom stereocenters. The highest BCUT2D eigenvalue weighted by Gasteiger charge is 2.27. The molecule has 146 valence electrons. The summed E-state index contributed by atoms with van der Waals surface area (Å²) in [5, 5.41) is 0. The molecule has 1 aliphatic rings. The van der Waals surface area contributed by atoms with Gasteiger partial charge in [-0.15, -0.1) is 0 Å². The van der Waals surface area contributed by atoms with Crippen molar-refractivity contribution >= 4 is 11.7 Å². The fourth-order valence-corrected chi connectivity index (χ4v) is 3.96. The smallest absolute Gasteiger partial charge is 0.226 e. The summed E-state index contributed by atoms with van der Waals surface area (Å²) >= 11 is 0. The molecule has 29 heavy (non-hydrogen) atoms. The quantitative estimate of drug-likeness (QED) is 0.580. The van der Waals surface area contributed by atoms with Crippen molar-refractivity contribution in [3.8, 4) is 11.1 Å². The number of benzene rings is 3. The normalized spacial score (nSPS) is 14.6. The van der Waals surface area contributed by atoms with E-state index in [0.29, 0.717) is 19.5 Å². The van der Waals surface area contributed by atoms with E-state index in [1.54, 1.807) is 0 Å². The molecule has 4 rings (SSSR count). The van der Waals surface area contributed by atoms with Crippen molar-refractivity contribution in [2.45, 2.75) is 19.3 Å². The number of amides is 1. The first-order valence-corrected chi connectivity index (χ1v) is 10.2. The summed E-state index contributed by atoms with van der Waals surface area (Å²) in [5.41, 5.74) is 4.13. The Bertz CT molecular complexity index is 957. The Labute approximate surface area is 172 Å². The summed E-state index contributed by atoms with van der Waals surface area (Å²) in [6.45, 7) is 1.31. The first-order valence-electron chi connectivity index (χ1n) is 10.2. The highest BCUT2D eigenvalue weighted by atomic mass is 16.2. The van der Waals surface area contributed by atoms with Crippen molar-refractivity contribution in [1.82, 2.24) is 4.90 Å². The van der Waals surface area contributed by atoms with Gasteiger partial charge in [-0.1, -0.05) is 84.9 Å². The zero-order chi connectivity index (χ0) is 20.1. The third-order valence-electron chi connectivity index (χ3n) is 5.69. The molecule has 1 saturated heterocycles. The molecule has 0 radical (unpaired) electrons. The third kappa shape index (κ3) is 4.62. The van der Waals surface area contributed by atoms with E-state index in [1.807, 2.05) is 65.6 Å². The molecule has 1 fully saturated rings. The standard InChI is InChI=1S/C26H25NO2/c28-25(19-20-11-13-22(14-12-20)21-7-3-1-4-8-21)27-17-15-24(16-18-27)26(29)23-9-5-2-6-10-23/h1-14,24H,15-19H2. The first kappa shape index (κ1) is 19.1. The Morgan fingerprint density at radius 2 is 1.28 bits per heavy atom. The lowest BCUT2D eigenvalue weighted by Crippen LogP contribution is -2.41. The Balaban J connectivity index is 1.31. The monoisotopic (exact) mass is 383 g/mol. The van der Waals surface area contributed by atoms with Crippen LogP contribution >= 0.6 is 0 Å². The second-order valence-electron chi connectivity index (χ2n) is 7.63. The van der Waals surface area contributed by atoms with E-state index in [1.165, 1.54) is 5.56 Å². The van der Waals surface area contributed by atoms with Gasteiger partial charge in [0.1, 0.15) is 0 Å². The number of hydrogen-bond acceptors (Lipinski definition) is 2.